The van der Waals surface area contributed by atoms with Crippen LogP contribution in [0, 0.1) is 12.0 Å². The van der Waals surface area contributed by atoms with Gasteiger partial charge in [-0.15, -0.1) is 0 Å². The second-order valence-corrected chi connectivity index (χ2v) is 0.427. The zero-order valence-electron chi connectivity index (χ0n) is 2.71. The third-order valence-corrected chi connectivity index (χ3v) is 0.177. The minimum Gasteiger partial charge on any atom is -0.281 e. The van der Waals surface area contributed by atoms with E-state index in [1.807, 2.05) is 0 Å². The molecule has 0 spiro atoms. The normalized spacial score (nSPS) is 3.50. The third kappa shape index (κ3) is 1.52. The van der Waals surface area contributed by atoms with Gasteiger partial charge in [0.05, 0.1) is 0 Å². The lowest BCUT2D eigenvalue weighted by atomic mass is 10.8. The number of hydrogen-bond donors (Lipinski definition) is 1. The Kier molecular flexibility index (Phi) is 2.22. The zero-order chi connectivity index (χ0) is 3.41. The van der Waals surface area contributed by atoms with E-state index in [0.29, 0.717) is 0 Å². The minimum absolute atomic E-state index is 1.76. The molecule has 0 aliphatic carbocycles. The summed E-state index contributed by atoms with van der Waals surface area (Å²) < 4.78 is 0. The molecule has 0 aromatic heterocycles. The Morgan fingerprint density at radius 2 is 2.00 bits per heavy atom. The maximum Gasteiger partial charge on any atom is 0.131 e. The summed E-state index contributed by atoms with van der Waals surface area (Å²) >= 11 is 0. The van der Waals surface area contributed by atoms with Crippen molar-refractivity contribution in [2.75, 3.05) is 0 Å². The van der Waals surface area contributed by atoms with Gasteiger partial charge in [0, 0.05) is 6.92 Å². The first-order chi connectivity index (χ1) is 1.91. The van der Waals surface area contributed by atoms with E-state index in [0.717, 1.165) is 0 Å². The van der Waals surface area contributed by atoms with Crippen molar-refractivity contribution in [2.24, 2.45) is 0 Å². The van der Waals surface area contributed by atoms with E-state index in [-0.39, 0.29) is 0 Å². The maximum atomic E-state index is 3.24. The Balaban J connectivity index is 2.83. The molecule has 3 N–H and O–H groups in total. The minimum atomic E-state index is 1.76. The van der Waals surface area contributed by atoms with Gasteiger partial charge in [0.1, 0.15) is 6.04 Å². The van der Waals surface area contributed by atoms with Crippen molar-refractivity contribution in [1.29, 1.82) is 0 Å². The maximum absolute atomic E-state index is 3.24. The Bertz CT molecular complexity index is 40.0. The van der Waals surface area contributed by atoms with Crippen LogP contribution in [-0.2, 0) is 0 Å². The van der Waals surface area contributed by atoms with Crippen LogP contribution in [0.4, 0.5) is 0 Å². The summed E-state index contributed by atoms with van der Waals surface area (Å²) in [5.74, 6) is 2.57. The molecule has 0 radical (unpaired) electrons. The topological polar surface area (TPSA) is 27.6 Å². The summed E-state index contributed by atoms with van der Waals surface area (Å²) in [5, 5.41) is 0. The summed E-state index contributed by atoms with van der Waals surface area (Å²) in [4.78, 5) is 0. The molecule has 4 heavy (non-hydrogen) atoms. The fraction of sp³-hybridized carbons (Fsp3) is 0.333. The first kappa shape index (κ1) is 3.52. The van der Waals surface area contributed by atoms with Gasteiger partial charge < -0.3 is 0 Å². The second kappa shape index (κ2) is 2.52. The Hall–Kier alpha value is -0.480. The molecular weight excluding hydrogens is 50.0 g/mol. The number of hydrogen-bond acceptors (Lipinski definition) is 0. The van der Waals surface area contributed by atoms with E-state index in [1.165, 1.54) is 0 Å². The van der Waals surface area contributed by atoms with Crippen molar-refractivity contribution < 1.29 is 5.73 Å². The van der Waals surface area contributed by atoms with Crippen LogP contribution in [-0.4, -0.2) is 0 Å². The van der Waals surface area contributed by atoms with Crippen molar-refractivity contribution >= 4 is 0 Å². The van der Waals surface area contributed by atoms with Gasteiger partial charge >= 0.3 is 0 Å². The average molecular weight is 56.1 g/mol. The van der Waals surface area contributed by atoms with Gasteiger partial charge in [0.2, 0.25) is 0 Å². The number of quaternary nitrogens is 1. The lowest BCUT2D eigenvalue weighted by molar-refractivity contribution is -0.247. The van der Waals surface area contributed by atoms with E-state index in [9.17, 15) is 0 Å². The van der Waals surface area contributed by atoms with Crippen molar-refractivity contribution in [1.82, 2.24) is 0 Å². The summed E-state index contributed by atoms with van der Waals surface area (Å²) in [7, 11) is 0. The summed E-state index contributed by atoms with van der Waals surface area (Å²) in [6, 6.07) is 2.43. The average Bonchev–Trinajstić information content (AvgIpc) is 1.37. The van der Waals surface area contributed by atoms with E-state index in [1.54, 1.807) is 6.92 Å². The molecule has 0 aliphatic heterocycles. The van der Waals surface area contributed by atoms with Gasteiger partial charge in [-0.2, -0.15) is 0 Å². The highest BCUT2D eigenvalue weighted by Gasteiger charge is 1.32. The second-order valence-electron chi connectivity index (χ2n) is 0.427. The summed E-state index contributed by atoms with van der Waals surface area (Å²) in [5.41, 5.74) is 3.24. The first-order valence-corrected chi connectivity index (χ1v) is 1.10. The lowest BCUT2D eigenvalue weighted by Gasteiger charge is -1.36. The highest BCUT2D eigenvalue weighted by Crippen LogP contribution is 1.26. The van der Waals surface area contributed by atoms with Gasteiger partial charge in [-0.1, -0.05) is 0 Å². The lowest BCUT2D eigenvalue weighted by Crippen LogP contribution is -2.40. The molecule has 0 saturated carbocycles. The molecule has 0 aromatic rings. The molecule has 0 fully saturated rings. The molecule has 1 heteroatoms. The molecule has 0 atom stereocenters. The smallest absolute Gasteiger partial charge is 0.131 e. The quantitative estimate of drug-likeness (QED) is 0.352. The van der Waals surface area contributed by atoms with E-state index >= 15 is 0 Å². The van der Waals surface area contributed by atoms with Gasteiger partial charge in [-0.3, -0.25) is 5.73 Å². The monoisotopic (exact) mass is 56.0 g/mol. The molecule has 0 unspecified atom stereocenters. The van der Waals surface area contributed by atoms with E-state index < -0.39 is 0 Å². The van der Waals surface area contributed by atoms with Crippen molar-refractivity contribution in [2.45, 2.75) is 6.92 Å². The van der Waals surface area contributed by atoms with Crippen LogP contribution >= 0.6 is 0 Å². The van der Waals surface area contributed by atoms with Gasteiger partial charge in [-0.05, 0) is 5.92 Å². The van der Waals surface area contributed by atoms with Crippen molar-refractivity contribution in [3.63, 3.8) is 0 Å². The molecular formula is C3H6N+. The van der Waals surface area contributed by atoms with Crippen LogP contribution < -0.4 is 5.73 Å². The third-order valence-electron chi connectivity index (χ3n) is 0.177. The van der Waals surface area contributed by atoms with Crippen molar-refractivity contribution in [3.8, 4) is 12.0 Å². The largest absolute Gasteiger partial charge is 0.281 e. The Morgan fingerprint density at radius 3 is 2.00 bits per heavy atom. The van der Waals surface area contributed by atoms with Crippen LogP contribution in [0.1, 0.15) is 6.92 Å². The standard InChI is InChI=1S/C3H5N/c1-2-3-4/h4H2,1H3/p+1. The van der Waals surface area contributed by atoms with Crippen LogP contribution in [0.5, 0.6) is 0 Å². The van der Waals surface area contributed by atoms with E-state index in [2.05, 4.69) is 17.7 Å². The Morgan fingerprint density at radius 1 is 1.75 bits per heavy atom. The van der Waals surface area contributed by atoms with Gasteiger partial charge in [-0.25, -0.2) is 0 Å². The summed E-state index contributed by atoms with van der Waals surface area (Å²) in [6.07, 6.45) is 0. The summed E-state index contributed by atoms with van der Waals surface area (Å²) in [6.45, 7) is 1.76. The molecule has 0 heterocycles. The fourth-order valence-corrected chi connectivity index (χ4v) is 0. The van der Waals surface area contributed by atoms with Crippen LogP contribution in [0.15, 0.2) is 0 Å². The van der Waals surface area contributed by atoms with Crippen LogP contribution in [0.2, 0.25) is 0 Å². The molecule has 0 bridgehead atoms. The Labute approximate surface area is 25.8 Å². The van der Waals surface area contributed by atoms with Gasteiger partial charge in [0.25, 0.3) is 0 Å². The predicted octanol–water partition coefficient (Wildman–Crippen LogP) is -0.791. The predicted molar refractivity (Wildman–Crippen MR) is 16.3 cm³/mol. The molecule has 0 aliphatic rings. The molecule has 1 nitrogen and oxygen atoms in total. The molecule has 0 aromatic carbocycles. The van der Waals surface area contributed by atoms with Gasteiger partial charge in [0.15, 0.2) is 0 Å². The molecule has 22 valence electrons. The first-order valence-electron chi connectivity index (χ1n) is 1.10. The molecule has 0 saturated heterocycles. The highest BCUT2D eigenvalue weighted by atomic mass is 14.4. The van der Waals surface area contributed by atoms with Crippen LogP contribution in [0.3, 0.4) is 0 Å². The molecule has 0 amide bonds. The van der Waals surface area contributed by atoms with Crippen molar-refractivity contribution in [3.05, 3.63) is 0 Å². The van der Waals surface area contributed by atoms with Crippen LogP contribution in [0.25, 0.3) is 0 Å². The zero-order valence-corrected chi connectivity index (χ0v) is 2.71. The highest BCUT2D eigenvalue weighted by molar-refractivity contribution is 4.80. The number of rotatable bonds is 0. The SMILES string of the molecule is CC#C[NH3+]. The fourth-order valence-electron chi connectivity index (χ4n) is 0. The molecule has 0 rings (SSSR count). The van der Waals surface area contributed by atoms with E-state index in [4.69, 9.17) is 0 Å².